The highest BCUT2D eigenvalue weighted by molar-refractivity contribution is 5.96. The zero-order chi connectivity index (χ0) is 15.7. The van der Waals surface area contributed by atoms with Crippen LogP contribution in [0.1, 0.15) is 74.4 Å². The minimum Gasteiger partial charge on any atom is -0.388 e. The van der Waals surface area contributed by atoms with Crippen LogP contribution in [0, 0.1) is 5.92 Å². The van der Waals surface area contributed by atoms with E-state index in [0.717, 1.165) is 31.2 Å². The fraction of sp³-hybridized carbons (Fsp3) is 0.611. The highest BCUT2D eigenvalue weighted by Gasteiger charge is 2.15. The number of Topliss-reactive ketones (excluding diaryl/α,β-unsaturated/α-hetero) is 1. The average molecular weight is 291 g/mol. The maximum atomic E-state index is 12.4. The van der Waals surface area contributed by atoms with Gasteiger partial charge in [0.05, 0.1) is 6.10 Å². The van der Waals surface area contributed by atoms with Crippen LogP contribution in [0.4, 0.5) is 0 Å². The zero-order valence-electron chi connectivity index (χ0n) is 13.3. The summed E-state index contributed by atoms with van der Waals surface area (Å²) in [4.78, 5) is 12.4. The summed E-state index contributed by atoms with van der Waals surface area (Å²) in [5.74, 6) is 0.661. The fourth-order valence-corrected chi connectivity index (χ4v) is 2.79. The highest BCUT2D eigenvalue weighted by atomic mass is 16.3. The first-order valence-electron chi connectivity index (χ1n) is 8.13. The van der Waals surface area contributed by atoms with Crippen LogP contribution in [0.3, 0.4) is 0 Å². The van der Waals surface area contributed by atoms with Crippen molar-refractivity contribution >= 4 is 5.78 Å². The third-order valence-corrected chi connectivity index (χ3v) is 3.90. The molecule has 0 aliphatic heterocycles. The number of aliphatic hydroxyl groups excluding tert-OH is 1. The second kappa shape index (κ2) is 9.69. The van der Waals surface area contributed by atoms with Gasteiger partial charge in [0.25, 0.3) is 0 Å². The number of aliphatic hydroxyl groups is 1. The maximum absolute atomic E-state index is 12.4. The van der Waals surface area contributed by atoms with Gasteiger partial charge in [-0.1, -0.05) is 57.7 Å². The van der Waals surface area contributed by atoms with Crippen molar-refractivity contribution in [2.75, 3.05) is 6.54 Å². The Kier molecular flexibility index (Phi) is 8.24. The Labute approximate surface area is 128 Å². The van der Waals surface area contributed by atoms with E-state index in [1.165, 1.54) is 0 Å². The summed E-state index contributed by atoms with van der Waals surface area (Å²) in [6.07, 6.45) is 5.00. The van der Waals surface area contributed by atoms with E-state index in [2.05, 4.69) is 13.8 Å². The molecule has 1 atom stereocenters. The average Bonchev–Trinajstić information content (AvgIpc) is 2.48. The number of benzene rings is 1. The third-order valence-electron chi connectivity index (χ3n) is 3.90. The van der Waals surface area contributed by atoms with Crippen molar-refractivity contribution < 1.29 is 9.90 Å². The van der Waals surface area contributed by atoms with Crippen LogP contribution in [0.25, 0.3) is 0 Å². The number of rotatable bonds is 10. The lowest BCUT2D eigenvalue weighted by Gasteiger charge is -2.15. The van der Waals surface area contributed by atoms with Gasteiger partial charge in [0.2, 0.25) is 0 Å². The Morgan fingerprint density at radius 2 is 1.86 bits per heavy atom. The molecule has 0 saturated heterocycles. The van der Waals surface area contributed by atoms with Crippen molar-refractivity contribution in [2.24, 2.45) is 11.7 Å². The van der Waals surface area contributed by atoms with Gasteiger partial charge < -0.3 is 10.8 Å². The molecule has 1 aromatic carbocycles. The van der Waals surface area contributed by atoms with E-state index in [1.807, 2.05) is 24.3 Å². The van der Waals surface area contributed by atoms with Crippen LogP contribution >= 0.6 is 0 Å². The largest absolute Gasteiger partial charge is 0.388 e. The molecule has 0 aromatic heterocycles. The smallest absolute Gasteiger partial charge is 0.163 e. The Balaban J connectivity index is 2.75. The summed E-state index contributed by atoms with van der Waals surface area (Å²) < 4.78 is 0. The molecule has 0 fully saturated rings. The lowest BCUT2D eigenvalue weighted by molar-refractivity contribution is 0.0955. The van der Waals surface area contributed by atoms with Crippen molar-refractivity contribution in [3.05, 3.63) is 35.4 Å². The van der Waals surface area contributed by atoms with E-state index in [0.29, 0.717) is 30.9 Å². The van der Waals surface area contributed by atoms with Crippen LogP contribution in [-0.4, -0.2) is 17.4 Å². The van der Waals surface area contributed by atoms with Crippen LogP contribution in [0.2, 0.25) is 0 Å². The van der Waals surface area contributed by atoms with Crippen molar-refractivity contribution in [1.82, 2.24) is 0 Å². The minimum absolute atomic E-state index is 0.184. The van der Waals surface area contributed by atoms with Crippen molar-refractivity contribution in [1.29, 1.82) is 0 Å². The molecule has 118 valence electrons. The molecule has 3 nitrogen and oxygen atoms in total. The van der Waals surface area contributed by atoms with E-state index in [-0.39, 0.29) is 5.78 Å². The monoisotopic (exact) mass is 291 g/mol. The molecule has 0 radical (unpaired) electrons. The molecule has 0 unspecified atom stereocenters. The van der Waals surface area contributed by atoms with Crippen molar-refractivity contribution in [2.45, 2.75) is 58.5 Å². The van der Waals surface area contributed by atoms with Crippen LogP contribution in [0.5, 0.6) is 0 Å². The minimum atomic E-state index is -0.579. The van der Waals surface area contributed by atoms with E-state index >= 15 is 0 Å². The predicted octanol–water partition coefficient (Wildman–Crippen LogP) is 3.86. The predicted molar refractivity (Wildman–Crippen MR) is 87.3 cm³/mol. The van der Waals surface area contributed by atoms with Crippen LogP contribution < -0.4 is 5.73 Å². The molecule has 3 heteroatoms. The van der Waals surface area contributed by atoms with E-state index in [1.54, 1.807) is 0 Å². The molecule has 0 heterocycles. The Bertz CT molecular complexity index is 425. The second-order valence-corrected chi connectivity index (χ2v) is 5.79. The lowest BCUT2D eigenvalue weighted by Crippen LogP contribution is -2.11. The van der Waals surface area contributed by atoms with E-state index < -0.39 is 6.10 Å². The first-order valence-corrected chi connectivity index (χ1v) is 8.13. The fourth-order valence-electron chi connectivity index (χ4n) is 2.79. The van der Waals surface area contributed by atoms with Gasteiger partial charge >= 0.3 is 0 Å². The molecule has 1 rings (SSSR count). The summed E-state index contributed by atoms with van der Waals surface area (Å²) in [6, 6.07) is 7.36. The van der Waals surface area contributed by atoms with Crippen LogP contribution in [0.15, 0.2) is 24.3 Å². The zero-order valence-corrected chi connectivity index (χ0v) is 13.3. The molecule has 3 N–H and O–H groups in total. The van der Waals surface area contributed by atoms with Gasteiger partial charge in [-0.05, 0) is 30.5 Å². The highest BCUT2D eigenvalue weighted by Crippen LogP contribution is 2.22. The Morgan fingerprint density at radius 3 is 2.43 bits per heavy atom. The topological polar surface area (TPSA) is 63.3 Å². The SMILES string of the molecule is CCCC(CCC)CC(=O)c1cccc([C@H](O)CCN)c1. The molecular weight excluding hydrogens is 262 g/mol. The summed E-state index contributed by atoms with van der Waals surface area (Å²) in [5.41, 5.74) is 6.97. The molecular formula is C18H29NO2. The van der Waals surface area contributed by atoms with Gasteiger partial charge in [-0.25, -0.2) is 0 Å². The van der Waals surface area contributed by atoms with E-state index in [9.17, 15) is 9.90 Å². The number of hydrogen-bond donors (Lipinski definition) is 2. The molecule has 0 spiro atoms. The summed E-state index contributed by atoms with van der Waals surface area (Å²) in [6.45, 7) is 4.77. The summed E-state index contributed by atoms with van der Waals surface area (Å²) >= 11 is 0. The molecule has 21 heavy (non-hydrogen) atoms. The number of carbonyl (C=O) groups is 1. The van der Waals surface area contributed by atoms with Gasteiger partial charge in [-0.15, -0.1) is 0 Å². The lowest BCUT2D eigenvalue weighted by atomic mass is 9.90. The standard InChI is InChI=1S/C18H29NO2/c1-3-6-14(7-4-2)12-18(21)16-9-5-8-15(13-16)17(20)10-11-19/h5,8-9,13-14,17,20H,3-4,6-7,10-12,19H2,1-2H3/t17-/m1/s1. The summed E-state index contributed by atoms with van der Waals surface area (Å²) in [5, 5.41) is 9.99. The van der Waals surface area contributed by atoms with Crippen LogP contribution in [-0.2, 0) is 0 Å². The molecule has 0 aliphatic carbocycles. The second-order valence-electron chi connectivity index (χ2n) is 5.79. The first-order chi connectivity index (χ1) is 10.1. The normalized spacial score (nSPS) is 12.6. The number of nitrogens with two attached hydrogens (primary N) is 1. The molecule has 0 bridgehead atoms. The maximum Gasteiger partial charge on any atom is 0.163 e. The number of ketones is 1. The third kappa shape index (κ3) is 5.98. The van der Waals surface area contributed by atoms with Crippen molar-refractivity contribution in [3.8, 4) is 0 Å². The quantitative estimate of drug-likeness (QED) is 0.643. The molecule has 1 aromatic rings. The van der Waals surface area contributed by atoms with Gasteiger partial charge in [0.15, 0.2) is 5.78 Å². The molecule has 0 saturated carbocycles. The Hall–Kier alpha value is -1.19. The Morgan fingerprint density at radius 1 is 1.19 bits per heavy atom. The number of carbonyl (C=O) groups excluding carboxylic acids is 1. The first kappa shape index (κ1) is 17.9. The molecule has 0 aliphatic rings. The summed E-state index contributed by atoms with van der Waals surface area (Å²) in [7, 11) is 0. The van der Waals surface area contributed by atoms with Gasteiger partial charge in [0.1, 0.15) is 0 Å². The van der Waals surface area contributed by atoms with E-state index in [4.69, 9.17) is 5.73 Å². The van der Waals surface area contributed by atoms with Crippen molar-refractivity contribution in [3.63, 3.8) is 0 Å². The van der Waals surface area contributed by atoms with Gasteiger partial charge in [-0.3, -0.25) is 4.79 Å². The molecule has 0 amide bonds. The number of hydrogen-bond acceptors (Lipinski definition) is 3. The van der Waals surface area contributed by atoms with Gasteiger partial charge in [-0.2, -0.15) is 0 Å². The van der Waals surface area contributed by atoms with Gasteiger partial charge in [0, 0.05) is 12.0 Å².